The van der Waals surface area contributed by atoms with Crippen LogP contribution in [-0.4, -0.2) is 24.2 Å². The van der Waals surface area contributed by atoms with E-state index in [-0.39, 0.29) is 0 Å². The Morgan fingerprint density at radius 3 is 1.89 bits per heavy atom. The summed E-state index contributed by atoms with van der Waals surface area (Å²) in [6.07, 6.45) is 6.53. The normalized spacial score (nSPS) is 42.6. The van der Waals surface area contributed by atoms with E-state index in [1.807, 2.05) is 0 Å². The molecule has 0 aromatic carbocycles. The average molecular weight is 270 g/mol. The van der Waals surface area contributed by atoms with Gasteiger partial charge in [0.05, 0.1) is 4.75 Å². The van der Waals surface area contributed by atoms with Crippen molar-refractivity contribution < 1.29 is 18.3 Å². The molecule has 4 rings (SSSR count). The highest BCUT2D eigenvalue weighted by atomic mass is 32.2. The molecule has 4 nitrogen and oxygen atoms in total. The van der Waals surface area contributed by atoms with E-state index in [1.165, 1.54) is 19.3 Å². The smallest absolute Gasteiger partial charge is 0.329 e. The van der Waals surface area contributed by atoms with E-state index in [2.05, 4.69) is 0 Å². The first kappa shape index (κ1) is 12.2. The maximum Gasteiger partial charge on any atom is 0.329 e. The van der Waals surface area contributed by atoms with Crippen molar-refractivity contribution in [2.24, 2.45) is 17.8 Å². The van der Waals surface area contributed by atoms with Crippen molar-refractivity contribution in [2.45, 2.75) is 43.3 Å². The standard InChI is InChI=1S/C13H18O4S/c14-12(15)1-2-18(16,17)13-6-9-3-10(7-13)5-11(4-9)8-13/h1-2,9-11H,3-8H2,(H,14,15)/b2-1+. The minimum atomic E-state index is -3.44. The van der Waals surface area contributed by atoms with Crippen molar-refractivity contribution in [1.82, 2.24) is 0 Å². The quantitative estimate of drug-likeness (QED) is 0.796. The van der Waals surface area contributed by atoms with Crippen molar-refractivity contribution in [3.05, 3.63) is 11.5 Å². The van der Waals surface area contributed by atoms with Gasteiger partial charge in [-0.05, 0) is 56.3 Å². The molecule has 0 unspecified atom stereocenters. The lowest BCUT2D eigenvalue weighted by Crippen LogP contribution is -2.54. The van der Waals surface area contributed by atoms with Gasteiger partial charge in [0.15, 0.2) is 9.84 Å². The lowest BCUT2D eigenvalue weighted by molar-refractivity contribution is -0.131. The highest BCUT2D eigenvalue weighted by Crippen LogP contribution is 2.58. The Bertz CT molecular complexity index is 468. The SMILES string of the molecule is O=C(O)/C=C/S(=O)(=O)C12CC3CC(CC(C3)C1)C2. The Hall–Kier alpha value is -0.840. The first-order chi connectivity index (χ1) is 8.40. The lowest BCUT2D eigenvalue weighted by Gasteiger charge is -2.55. The molecule has 4 saturated carbocycles. The second kappa shape index (κ2) is 3.83. The molecule has 4 aliphatic rings. The van der Waals surface area contributed by atoms with Crippen LogP contribution in [0.3, 0.4) is 0 Å². The van der Waals surface area contributed by atoms with Crippen molar-refractivity contribution in [3.8, 4) is 0 Å². The van der Waals surface area contributed by atoms with E-state index >= 15 is 0 Å². The van der Waals surface area contributed by atoms with Crippen LogP contribution in [0.2, 0.25) is 0 Å². The summed E-state index contributed by atoms with van der Waals surface area (Å²) in [7, 11) is -3.44. The second-order valence-electron chi connectivity index (χ2n) is 6.29. The summed E-state index contributed by atoms with van der Waals surface area (Å²) in [5, 5.41) is 9.54. The summed E-state index contributed by atoms with van der Waals surface area (Å²) in [6.45, 7) is 0. The summed E-state index contributed by atoms with van der Waals surface area (Å²) in [5.41, 5.74) is 0. The van der Waals surface area contributed by atoms with Gasteiger partial charge in [-0.1, -0.05) is 0 Å². The second-order valence-corrected chi connectivity index (χ2v) is 8.51. The van der Waals surface area contributed by atoms with Gasteiger partial charge in [-0.15, -0.1) is 0 Å². The van der Waals surface area contributed by atoms with E-state index in [4.69, 9.17) is 5.11 Å². The number of carbonyl (C=O) groups is 1. The zero-order valence-corrected chi connectivity index (χ0v) is 11.0. The molecule has 4 bridgehead atoms. The largest absolute Gasteiger partial charge is 0.478 e. The predicted molar refractivity (Wildman–Crippen MR) is 66.6 cm³/mol. The molecule has 0 radical (unpaired) electrons. The Kier molecular flexibility index (Phi) is 2.59. The summed E-state index contributed by atoms with van der Waals surface area (Å²) in [6, 6.07) is 0. The summed E-state index contributed by atoms with van der Waals surface area (Å²) in [5.74, 6) is 0.445. The van der Waals surface area contributed by atoms with Gasteiger partial charge in [-0.3, -0.25) is 0 Å². The van der Waals surface area contributed by atoms with E-state index < -0.39 is 20.6 Å². The molecule has 0 aliphatic heterocycles. The fourth-order valence-corrected chi connectivity index (χ4v) is 6.66. The van der Waals surface area contributed by atoms with Gasteiger partial charge in [0.25, 0.3) is 0 Å². The van der Waals surface area contributed by atoms with E-state index in [0.717, 1.165) is 30.7 Å². The number of rotatable bonds is 3. The molecule has 0 aromatic heterocycles. The molecule has 18 heavy (non-hydrogen) atoms. The molecular weight excluding hydrogens is 252 g/mol. The van der Waals surface area contributed by atoms with Crippen LogP contribution in [0.5, 0.6) is 0 Å². The Morgan fingerprint density at radius 2 is 1.50 bits per heavy atom. The topological polar surface area (TPSA) is 71.4 Å². The molecule has 4 fully saturated rings. The van der Waals surface area contributed by atoms with Crippen LogP contribution in [0.4, 0.5) is 0 Å². The minimum Gasteiger partial charge on any atom is -0.478 e. The Balaban J connectivity index is 1.93. The average Bonchev–Trinajstić information content (AvgIpc) is 2.24. The first-order valence-corrected chi connectivity index (χ1v) is 8.10. The summed E-state index contributed by atoms with van der Waals surface area (Å²) in [4.78, 5) is 10.5. The van der Waals surface area contributed by atoms with Crippen LogP contribution in [-0.2, 0) is 14.6 Å². The molecule has 1 N–H and O–H groups in total. The molecule has 100 valence electrons. The van der Waals surface area contributed by atoms with Gasteiger partial charge in [-0.2, -0.15) is 0 Å². The molecular formula is C13H18O4S. The van der Waals surface area contributed by atoms with Gasteiger partial charge < -0.3 is 5.11 Å². The molecule has 0 spiro atoms. The van der Waals surface area contributed by atoms with Crippen LogP contribution in [0.25, 0.3) is 0 Å². The number of hydrogen-bond donors (Lipinski definition) is 1. The first-order valence-electron chi connectivity index (χ1n) is 6.56. The van der Waals surface area contributed by atoms with Crippen LogP contribution in [0, 0.1) is 17.8 Å². The summed E-state index contributed by atoms with van der Waals surface area (Å²) < 4.78 is 24.2. The van der Waals surface area contributed by atoms with Gasteiger partial charge in [-0.25, -0.2) is 13.2 Å². The molecule has 0 atom stereocenters. The Morgan fingerprint density at radius 1 is 1.06 bits per heavy atom. The molecule has 0 amide bonds. The maximum absolute atomic E-state index is 12.4. The van der Waals surface area contributed by atoms with E-state index in [1.54, 1.807) is 0 Å². The number of carboxylic acids is 1. The van der Waals surface area contributed by atoms with Crippen LogP contribution < -0.4 is 0 Å². The molecule has 4 aliphatic carbocycles. The van der Waals surface area contributed by atoms with Gasteiger partial charge in [0, 0.05) is 11.5 Å². The van der Waals surface area contributed by atoms with Crippen molar-refractivity contribution in [2.75, 3.05) is 0 Å². The maximum atomic E-state index is 12.4. The molecule has 0 aromatic rings. The zero-order valence-electron chi connectivity index (χ0n) is 10.2. The van der Waals surface area contributed by atoms with Gasteiger partial charge >= 0.3 is 5.97 Å². The van der Waals surface area contributed by atoms with Crippen molar-refractivity contribution >= 4 is 15.8 Å². The number of sulfone groups is 1. The molecule has 0 heterocycles. The lowest BCUT2D eigenvalue weighted by atomic mass is 9.56. The molecule has 5 heteroatoms. The zero-order chi connectivity index (χ0) is 13.0. The fourth-order valence-electron chi connectivity index (χ4n) is 4.67. The van der Waals surface area contributed by atoms with Crippen molar-refractivity contribution in [3.63, 3.8) is 0 Å². The van der Waals surface area contributed by atoms with Crippen LogP contribution in [0.1, 0.15) is 38.5 Å². The third-order valence-corrected chi connectivity index (χ3v) is 7.18. The summed E-state index contributed by atoms with van der Waals surface area (Å²) >= 11 is 0. The van der Waals surface area contributed by atoms with Crippen LogP contribution in [0.15, 0.2) is 11.5 Å². The number of aliphatic carboxylic acids is 1. The molecule has 0 saturated heterocycles. The third kappa shape index (κ3) is 1.79. The van der Waals surface area contributed by atoms with Crippen molar-refractivity contribution in [1.29, 1.82) is 0 Å². The highest BCUT2D eigenvalue weighted by Gasteiger charge is 2.56. The van der Waals surface area contributed by atoms with Gasteiger partial charge in [0.1, 0.15) is 0 Å². The van der Waals surface area contributed by atoms with Gasteiger partial charge in [0.2, 0.25) is 0 Å². The van der Waals surface area contributed by atoms with Crippen LogP contribution >= 0.6 is 0 Å². The number of hydrogen-bond acceptors (Lipinski definition) is 3. The van der Waals surface area contributed by atoms with E-state index in [0.29, 0.717) is 17.8 Å². The monoisotopic (exact) mass is 270 g/mol. The minimum absolute atomic E-state index is 0.546. The third-order valence-electron chi connectivity index (χ3n) is 4.98. The van der Waals surface area contributed by atoms with E-state index in [9.17, 15) is 13.2 Å². The fraction of sp³-hybridized carbons (Fsp3) is 0.769. The Labute approximate surface area is 107 Å². The number of carboxylic acid groups (broad SMARTS) is 1. The highest BCUT2D eigenvalue weighted by molar-refractivity contribution is 7.95. The predicted octanol–water partition coefficient (Wildman–Crippen LogP) is 1.97.